The SMILES string of the molecule is Cc1ccc(C(C)NC(=O)c2cc(N)c[nH]2)s1. The van der Waals surface area contributed by atoms with Crippen molar-refractivity contribution >= 4 is 22.9 Å². The first-order valence-electron chi connectivity index (χ1n) is 5.37. The van der Waals surface area contributed by atoms with Crippen molar-refractivity contribution in [3.63, 3.8) is 0 Å². The first-order chi connectivity index (χ1) is 8.06. The number of carbonyl (C=O) groups excluding carboxylic acids is 1. The lowest BCUT2D eigenvalue weighted by Gasteiger charge is -2.11. The van der Waals surface area contributed by atoms with E-state index in [1.54, 1.807) is 23.6 Å². The van der Waals surface area contributed by atoms with Gasteiger partial charge < -0.3 is 16.0 Å². The highest BCUT2D eigenvalue weighted by molar-refractivity contribution is 7.12. The van der Waals surface area contributed by atoms with Gasteiger partial charge in [-0.25, -0.2) is 0 Å². The number of thiophene rings is 1. The number of aromatic amines is 1. The summed E-state index contributed by atoms with van der Waals surface area (Å²) in [4.78, 5) is 17.1. The molecule has 5 heteroatoms. The van der Waals surface area contributed by atoms with Crippen molar-refractivity contribution in [2.75, 3.05) is 5.73 Å². The molecule has 0 aliphatic heterocycles. The Kier molecular flexibility index (Phi) is 3.19. The predicted molar refractivity (Wildman–Crippen MR) is 70.1 cm³/mol. The zero-order valence-electron chi connectivity index (χ0n) is 9.78. The highest BCUT2D eigenvalue weighted by Gasteiger charge is 2.13. The van der Waals surface area contributed by atoms with Crippen LogP contribution in [0.2, 0.25) is 0 Å². The van der Waals surface area contributed by atoms with Gasteiger partial charge in [0.25, 0.3) is 5.91 Å². The van der Waals surface area contributed by atoms with Crippen molar-refractivity contribution in [3.8, 4) is 0 Å². The molecule has 2 aromatic heterocycles. The van der Waals surface area contributed by atoms with Crippen LogP contribution in [-0.4, -0.2) is 10.9 Å². The summed E-state index contributed by atoms with van der Waals surface area (Å²) in [5, 5.41) is 2.92. The minimum Gasteiger partial charge on any atom is -0.397 e. The van der Waals surface area contributed by atoms with Crippen molar-refractivity contribution in [2.24, 2.45) is 0 Å². The molecule has 0 bridgehead atoms. The van der Waals surface area contributed by atoms with Gasteiger partial charge in [-0.1, -0.05) is 0 Å². The van der Waals surface area contributed by atoms with E-state index in [-0.39, 0.29) is 11.9 Å². The van der Waals surface area contributed by atoms with E-state index in [2.05, 4.69) is 16.4 Å². The Morgan fingerprint density at radius 2 is 2.29 bits per heavy atom. The van der Waals surface area contributed by atoms with Crippen molar-refractivity contribution in [2.45, 2.75) is 19.9 Å². The second kappa shape index (κ2) is 4.63. The zero-order valence-corrected chi connectivity index (χ0v) is 10.6. The molecule has 4 N–H and O–H groups in total. The number of rotatable bonds is 3. The molecule has 0 aliphatic carbocycles. The smallest absolute Gasteiger partial charge is 0.268 e. The number of H-pyrrole nitrogens is 1. The Morgan fingerprint density at radius 3 is 2.82 bits per heavy atom. The number of nitrogens with one attached hydrogen (secondary N) is 2. The number of amides is 1. The van der Waals surface area contributed by atoms with Crippen molar-refractivity contribution in [1.29, 1.82) is 0 Å². The second-order valence-electron chi connectivity index (χ2n) is 3.99. The standard InChI is InChI=1S/C12H15N3OS/c1-7-3-4-11(17-7)8(2)15-12(16)10-5-9(13)6-14-10/h3-6,8,14H,13H2,1-2H3,(H,15,16). The van der Waals surface area contributed by atoms with E-state index in [0.29, 0.717) is 11.4 Å². The number of aryl methyl sites for hydroxylation is 1. The summed E-state index contributed by atoms with van der Waals surface area (Å²) in [5.41, 5.74) is 6.61. The quantitative estimate of drug-likeness (QED) is 0.782. The number of aromatic nitrogens is 1. The molecule has 0 aliphatic rings. The van der Waals surface area contributed by atoms with Crippen molar-refractivity contribution in [3.05, 3.63) is 39.8 Å². The van der Waals surface area contributed by atoms with Gasteiger partial charge in [-0.3, -0.25) is 4.79 Å². The highest BCUT2D eigenvalue weighted by atomic mass is 32.1. The third kappa shape index (κ3) is 2.68. The maximum absolute atomic E-state index is 11.9. The molecule has 2 heterocycles. The summed E-state index contributed by atoms with van der Waals surface area (Å²) in [5.74, 6) is -0.139. The minimum atomic E-state index is -0.139. The lowest BCUT2D eigenvalue weighted by atomic mass is 10.2. The van der Waals surface area contributed by atoms with E-state index < -0.39 is 0 Å². The van der Waals surface area contributed by atoms with Crippen LogP contribution >= 0.6 is 11.3 Å². The van der Waals surface area contributed by atoms with Crippen molar-refractivity contribution in [1.82, 2.24) is 10.3 Å². The minimum absolute atomic E-state index is 0.00530. The Hall–Kier alpha value is -1.75. The van der Waals surface area contributed by atoms with E-state index in [1.165, 1.54) is 4.88 Å². The molecule has 1 atom stereocenters. The van der Waals surface area contributed by atoms with E-state index in [4.69, 9.17) is 5.73 Å². The largest absolute Gasteiger partial charge is 0.397 e. The zero-order chi connectivity index (χ0) is 12.4. The van der Waals surface area contributed by atoms with E-state index >= 15 is 0 Å². The van der Waals surface area contributed by atoms with Gasteiger partial charge in [0.2, 0.25) is 0 Å². The normalized spacial score (nSPS) is 12.4. The van der Waals surface area contributed by atoms with Gasteiger partial charge in [0.15, 0.2) is 0 Å². The molecule has 0 saturated carbocycles. The molecule has 2 aromatic rings. The fourth-order valence-electron chi connectivity index (χ4n) is 1.57. The molecular formula is C12H15N3OS. The first kappa shape index (κ1) is 11.7. The predicted octanol–water partition coefficient (Wildman–Crippen LogP) is 2.46. The van der Waals surface area contributed by atoms with Gasteiger partial charge in [0, 0.05) is 21.6 Å². The second-order valence-corrected chi connectivity index (χ2v) is 5.31. The lowest BCUT2D eigenvalue weighted by Crippen LogP contribution is -2.26. The van der Waals surface area contributed by atoms with Crippen LogP contribution in [0.3, 0.4) is 0 Å². The van der Waals surface area contributed by atoms with E-state index in [1.807, 2.05) is 19.9 Å². The topological polar surface area (TPSA) is 70.9 Å². The molecule has 0 saturated heterocycles. The van der Waals surface area contributed by atoms with Gasteiger partial charge in [-0.2, -0.15) is 0 Å². The number of hydrogen-bond acceptors (Lipinski definition) is 3. The van der Waals surface area contributed by atoms with Gasteiger partial charge in [-0.05, 0) is 32.0 Å². The van der Waals surface area contributed by atoms with E-state index in [9.17, 15) is 4.79 Å². The Bertz CT molecular complexity index is 529. The Balaban J connectivity index is 2.04. The number of anilines is 1. The fourth-order valence-corrected chi connectivity index (χ4v) is 2.45. The monoisotopic (exact) mass is 249 g/mol. The molecule has 2 rings (SSSR count). The molecule has 0 radical (unpaired) electrons. The molecule has 0 spiro atoms. The van der Waals surface area contributed by atoms with Crippen LogP contribution in [0, 0.1) is 6.92 Å². The molecule has 4 nitrogen and oxygen atoms in total. The van der Waals surface area contributed by atoms with Crippen LogP contribution in [0.5, 0.6) is 0 Å². The molecule has 17 heavy (non-hydrogen) atoms. The molecule has 90 valence electrons. The maximum Gasteiger partial charge on any atom is 0.268 e. The van der Waals surface area contributed by atoms with E-state index in [0.717, 1.165) is 4.88 Å². The van der Waals surface area contributed by atoms with Crippen LogP contribution in [-0.2, 0) is 0 Å². The number of nitrogen functional groups attached to an aromatic ring is 1. The number of carbonyl (C=O) groups is 1. The molecule has 1 unspecified atom stereocenters. The summed E-state index contributed by atoms with van der Waals surface area (Å²) in [7, 11) is 0. The van der Waals surface area contributed by atoms with Crippen LogP contribution in [0.25, 0.3) is 0 Å². The average Bonchev–Trinajstić information content (AvgIpc) is 2.87. The lowest BCUT2D eigenvalue weighted by molar-refractivity contribution is 0.0936. The average molecular weight is 249 g/mol. The van der Waals surface area contributed by atoms with Crippen LogP contribution in [0.1, 0.15) is 33.2 Å². The van der Waals surface area contributed by atoms with Gasteiger partial charge >= 0.3 is 0 Å². The third-order valence-electron chi connectivity index (χ3n) is 2.49. The Morgan fingerprint density at radius 1 is 1.53 bits per heavy atom. The fraction of sp³-hybridized carbons (Fsp3) is 0.250. The van der Waals surface area contributed by atoms with Crippen LogP contribution in [0.15, 0.2) is 24.4 Å². The first-order valence-corrected chi connectivity index (χ1v) is 6.19. The summed E-state index contributed by atoms with van der Waals surface area (Å²) >= 11 is 1.69. The van der Waals surface area contributed by atoms with Gasteiger partial charge in [0.05, 0.1) is 6.04 Å². The molecule has 0 fully saturated rings. The number of nitrogens with two attached hydrogens (primary N) is 1. The van der Waals surface area contributed by atoms with Gasteiger partial charge in [0.1, 0.15) is 5.69 Å². The highest BCUT2D eigenvalue weighted by Crippen LogP contribution is 2.22. The van der Waals surface area contributed by atoms with Crippen LogP contribution in [0.4, 0.5) is 5.69 Å². The summed E-state index contributed by atoms with van der Waals surface area (Å²) in [6, 6.07) is 5.72. The summed E-state index contributed by atoms with van der Waals surface area (Å²) in [6.07, 6.45) is 1.61. The Labute approximate surface area is 104 Å². The van der Waals surface area contributed by atoms with Crippen molar-refractivity contribution < 1.29 is 4.79 Å². The third-order valence-corrected chi connectivity index (χ3v) is 3.67. The molecular weight excluding hydrogens is 234 g/mol. The maximum atomic E-state index is 11.9. The van der Waals surface area contributed by atoms with Crippen LogP contribution < -0.4 is 11.1 Å². The summed E-state index contributed by atoms with van der Waals surface area (Å²) < 4.78 is 0. The number of hydrogen-bond donors (Lipinski definition) is 3. The molecule has 0 aromatic carbocycles. The van der Waals surface area contributed by atoms with Gasteiger partial charge in [-0.15, -0.1) is 11.3 Å². The molecule has 1 amide bonds. The summed E-state index contributed by atoms with van der Waals surface area (Å²) in [6.45, 7) is 4.02.